The summed E-state index contributed by atoms with van der Waals surface area (Å²) in [5, 5.41) is 0. The van der Waals surface area contributed by atoms with Crippen molar-refractivity contribution in [2.45, 2.75) is 321 Å². The maximum Gasteiger partial charge on any atom is -0.0323 e. The quantitative estimate of drug-likeness (QED) is 0.249. The standard InChI is InChI=1S/C82H132/c1-9-29-65-51(21-1)41-52-22-2-10-30-66(52)77(65)59-45-60(78-67-31-11-3-23-53(67)42-54-24-4-12-32-68(54)78)48-63(47-59)81-73-37-17-19-39-75(73)82(76-40-20-18-38-74(76)81)64-49-61(79-69-33-13-5-25-55(69)43-56-26-6-14-34-70(56)79)46-62(50-64)80-71-35-15-7-27-57(71)44-58-28-8-16-36-72(58)80/h51-82H,1-50H2. The second-order valence-electron chi connectivity index (χ2n) is 37.3. The van der Waals surface area contributed by atoms with Crippen molar-refractivity contribution in [1.29, 1.82) is 0 Å². The minimum Gasteiger partial charge on any atom is -0.0530 e. The van der Waals surface area contributed by atoms with E-state index in [9.17, 15) is 0 Å². The Labute approximate surface area is 507 Å². The fourth-order valence-electron chi connectivity index (χ4n) is 33.0. The molecule has 0 heterocycles. The summed E-state index contributed by atoms with van der Waals surface area (Å²) >= 11 is 0. The van der Waals surface area contributed by atoms with Crippen LogP contribution >= 0.6 is 0 Å². The van der Waals surface area contributed by atoms with Gasteiger partial charge in [0.05, 0.1) is 0 Å². The van der Waals surface area contributed by atoms with Crippen LogP contribution < -0.4 is 0 Å². The highest BCUT2D eigenvalue weighted by Gasteiger charge is 2.62. The van der Waals surface area contributed by atoms with Crippen LogP contribution in [0.25, 0.3) is 0 Å². The fraction of sp³-hybridized carbons (Fsp3) is 1.00. The molecule has 17 fully saturated rings. The molecule has 17 aliphatic carbocycles. The summed E-state index contributed by atoms with van der Waals surface area (Å²) < 4.78 is 0. The zero-order valence-electron chi connectivity index (χ0n) is 53.8. The van der Waals surface area contributed by atoms with Crippen LogP contribution in [0.5, 0.6) is 0 Å². The van der Waals surface area contributed by atoms with E-state index in [0.29, 0.717) is 0 Å². The normalized spacial score (nSPS) is 56.8. The lowest BCUT2D eigenvalue weighted by molar-refractivity contribution is -0.150. The second kappa shape index (κ2) is 24.3. The van der Waals surface area contributed by atoms with Crippen LogP contribution in [0.2, 0.25) is 0 Å². The largest absolute Gasteiger partial charge is 0.0530 e. The lowest BCUT2D eigenvalue weighted by Crippen LogP contribution is -2.57. The van der Waals surface area contributed by atoms with Gasteiger partial charge in [-0.05, 0) is 331 Å². The number of hydrogen-bond donors (Lipinski definition) is 0. The molecule has 0 aromatic carbocycles. The number of hydrogen-bond acceptors (Lipinski definition) is 0. The minimum atomic E-state index is 1.09. The summed E-state index contributed by atoms with van der Waals surface area (Å²) in [6.45, 7) is 0. The molecule has 0 spiro atoms. The highest BCUT2D eigenvalue weighted by atomic mass is 14.7. The van der Waals surface area contributed by atoms with Crippen molar-refractivity contribution in [3.05, 3.63) is 0 Å². The van der Waals surface area contributed by atoms with Crippen LogP contribution in [0.1, 0.15) is 321 Å². The van der Waals surface area contributed by atoms with E-state index in [2.05, 4.69) is 0 Å². The highest BCUT2D eigenvalue weighted by molar-refractivity contribution is 5.11. The Balaban J connectivity index is 0.749. The van der Waals surface area contributed by atoms with Crippen LogP contribution in [0.3, 0.4) is 0 Å². The van der Waals surface area contributed by atoms with Crippen LogP contribution in [-0.2, 0) is 0 Å². The molecule has 0 radical (unpaired) electrons. The molecule has 0 saturated heterocycles. The van der Waals surface area contributed by atoms with E-state index in [1.165, 1.54) is 0 Å². The highest BCUT2D eigenvalue weighted by Crippen LogP contribution is 2.70. The molecule has 0 amide bonds. The first-order chi connectivity index (χ1) is 40.7. The van der Waals surface area contributed by atoms with Gasteiger partial charge in [0.25, 0.3) is 0 Å². The third-order valence-corrected chi connectivity index (χ3v) is 34.7. The lowest BCUT2D eigenvalue weighted by Gasteiger charge is -2.64. The first kappa shape index (κ1) is 56.0. The van der Waals surface area contributed by atoms with Gasteiger partial charge in [0.2, 0.25) is 0 Å². The zero-order valence-corrected chi connectivity index (χ0v) is 53.8. The Bertz CT molecular complexity index is 1730. The Hall–Kier alpha value is 0. The molecule has 0 aromatic heterocycles. The Morgan fingerprint density at radius 3 is 0.366 bits per heavy atom. The molecule has 24 atom stereocenters. The van der Waals surface area contributed by atoms with Gasteiger partial charge in [-0.3, -0.25) is 0 Å². The molecule has 24 unspecified atom stereocenters. The number of rotatable bonds is 6. The Morgan fingerprint density at radius 1 is 0.0976 bits per heavy atom. The van der Waals surface area contributed by atoms with Crippen molar-refractivity contribution in [2.75, 3.05) is 0 Å². The van der Waals surface area contributed by atoms with Gasteiger partial charge in [-0.25, -0.2) is 0 Å². The van der Waals surface area contributed by atoms with E-state index in [4.69, 9.17) is 0 Å². The van der Waals surface area contributed by atoms with Gasteiger partial charge in [-0.15, -0.1) is 0 Å². The van der Waals surface area contributed by atoms with E-state index < -0.39 is 0 Å². The van der Waals surface area contributed by atoms with Crippen molar-refractivity contribution in [3.8, 4) is 0 Å². The molecule has 17 aliphatic rings. The van der Waals surface area contributed by atoms with Crippen LogP contribution in [0, 0.1) is 189 Å². The molecule has 82 heavy (non-hydrogen) atoms. The molecule has 0 nitrogen and oxygen atoms in total. The summed E-state index contributed by atoms with van der Waals surface area (Å²) in [5.74, 6) is 35.6. The van der Waals surface area contributed by atoms with Crippen molar-refractivity contribution in [1.82, 2.24) is 0 Å². The average molecular weight is 1120 g/mol. The van der Waals surface area contributed by atoms with Gasteiger partial charge in [0, 0.05) is 0 Å². The maximum absolute atomic E-state index is 1.75. The van der Waals surface area contributed by atoms with E-state index in [0.717, 1.165) is 189 Å². The van der Waals surface area contributed by atoms with Crippen LogP contribution in [0.4, 0.5) is 0 Å². The summed E-state index contributed by atoms with van der Waals surface area (Å²) in [5.41, 5.74) is 0. The van der Waals surface area contributed by atoms with Crippen molar-refractivity contribution in [3.63, 3.8) is 0 Å². The maximum atomic E-state index is 1.75. The van der Waals surface area contributed by atoms with Gasteiger partial charge in [0.15, 0.2) is 0 Å². The van der Waals surface area contributed by atoms with Gasteiger partial charge < -0.3 is 0 Å². The third kappa shape index (κ3) is 10.1. The zero-order chi connectivity index (χ0) is 53.8. The molecule has 17 rings (SSSR count). The SMILES string of the molecule is C1CCC2C(C1)CC1CCCCC1C2C1CC(C2C3CCCCC3CC3CCCCC32)CC(C2C3CCCCC3C(C3CC(C4C5CCCCC5CC5CCCCC54)CC(C4C5CCCCC5CC5CCCCC54)C3)C3CCCCC32)C1. The van der Waals surface area contributed by atoms with E-state index in [1.54, 1.807) is 321 Å². The predicted octanol–water partition coefficient (Wildman–Crippen LogP) is 23.4. The summed E-state index contributed by atoms with van der Waals surface area (Å²) in [6, 6.07) is 0. The van der Waals surface area contributed by atoms with Gasteiger partial charge in [-0.1, -0.05) is 180 Å². The molecule has 17 saturated carbocycles. The van der Waals surface area contributed by atoms with Crippen molar-refractivity contribution in [2.24, 2.45) is 189 Å². The van der Waals surface area contributed by atoms with Gasteiger partial charge in [-0.2, -0.15) is 0 Å². The van der Waals surface area contributed by atoms with Gasteiger partial charge >= 0.3 is 0 Å². The smallest absolute Gasteiger partial charge is 0.0323 e. The van der Waals surface area contributed by atoms with E-state index in [-0.39, 0.29) is 0 Å². The van der Waals surface area contributed by atoms with E-state index >= 15 is 0 Å². The molecule has 0 aromatic rings. The summed E-state index contributed by atoms with van der Waals surface area (Å²) in [6.07, 6.45) is 82.1. The fourth-order valence-corrected chi connectivity index (χ4v) is 33.0. The molecule has 0 N–H and O–H groups in total. The summed E-state index contributed by atoms with van der Waals surface area (Å²) in [4.78, 5) is 0. The molecule has 0 bridgehead atoms. The lowest BCUT2D eigenvalue weighted by atomic mass is 9.41. The van der Waals surface area contributed by atoms with Gasteiger partial charge in [0.1, 0.15) is 0 Å². The molecule has 0 heteroatoms. The second-order valence-corrected chi connectivity index (χ2v) is 37.3. The molecule has 460 valence electrons. The van der Waals surface area contributed by atoms with Crippen molar-refractivity contribution < 1.29 is 0 Å². The average Bonchev–Trinajstić information content (AvgIpc) is 3.71. The number of fused-ring (bicyclic) bond motifs is 10. The Morgan fingerprint density at radius 2 is 0.207 bits per heavy atom. The molecular formula is C82H132. The van der Waals surface area contributed by atoms with Crippen molar-refractivity contribution >= 4 is 0 Å². The Kier molecular flexibility index (Phi) is 16.6. The summed E-state index contributed by atoms with van der Waals surface area (Å²) in [7, 11) is 0. The monoisotopic (exact) mass is 1120 g/mol. The third-order valence-electron chi connectivity index (χ3n) is 34.7. The predicted molar refractivity (Wildman–Crippen MR) is 343 cm³/mol. The molecule has 0 aliphatic heterocycles. The van der Waals surface area contributed by atoms with E-state index in [1.807, 2.05) is 0 Å². The van der Waals surface area contributed by atoms with Crippen LogP contribution in [0.15, 0.2) is 0 Å². The minimum absolute atomic E-state index is 1.09. The first-order valence-electron chi connectivity index (χ1n) is 40.7. The van der Waals surface area contributed by atoms with Crippen LogP contribution in [-0.4, -0.2) is 0 Å². The topological polar surface area (TPSA) is 0 Å². The first-order valence-corrected chi connectivity index (χ1v) is 40.7. The molecular weight excluding hydrogens is 985 g/mol.